The Balaban J connectivity index is 1.53. The number of para-hydroxylation sites is 1. The number of hydrogen-bond donors (Lipinski definition) is 2. The Bertz CT molecular complexity index is 850. The molecule has 0 bridgehead atoms. The zero-order valence-electron chi connectivity index (χ0n) is 13.9. The van der Waals surface area contributed by atoms with Gasteiger partial charge in [0.1, 0.15) is 0 Å². The summed E-state index contributed by atoms with van der Waals surface area (Å²) in [5.41, 5.74) is 8.72. The topological polar surface area (TPSA) is 87.8 Å². The lowest BCUT2D eigenvalue weighted by molar-refractivity contribution is 0.591. The number of hydrogen-bond acceptors (Lipinski definition) is 3. The van der Waals surface area contributed by atoms with E-state index in [1.165, 1.54) is 4.31 Å². The Morgan fingerprint density at radius 3 is 2.64 bits per heavy atom. The molecule has 0 spiro atoms. The van der Waals surface area contributed by atoms with Crippen molar-refractivity contribution in [3.8, 4) is 0 Å². The van der Waals surface area contributed by atoms with Gasteiger partial charge >= 0.3 is 0 Å². The molecular formula is C18H22N4O2S. The fourth-order valence-corrected chi connectivity index (χ4v) is 4.26. The van der Waals surface area contributed by atoms with Crippen molar-refractivity contribution in [2.45, 2.75) is 13.0 Å². The molecule has 0 aliphatic carbocycles. The molecule has 0 saturated heterocycles. The van der Waals surface area contributed by atoms with Crippen LogP contribution in [-0.4, -0.2) is 33.2 Å². The van der Waals surface area contributed by atoms with E-state index in [1.807, 2.05) is 54.6 Å². The number of fused-ring (bicyclic) bond motifs is 1. The van der Waals surface area contributed by atoms with E-state index in [4.69, 9.17) is 5.73 Å². The first kappa shape index (κ1) is 17.3. The lowest BCUT2D eigenvalue weighted by atomic mass is 10.2. The summed E-state index contributed by atoms with van der Waals surface area (Å²) in [6, 6.07) is 17.4. The van der Waals surface area contributed by atoms with Gasteiger partial charge in [0.2, 0.25) is 10.0 Å². The Morgan fingerprint density at radius 1 is 1.12 bits per heavy atom. The molecule has 0 aromatic heterocycles. The highest BCUT2D eigenvalue weighted by Gasteiger charge is 2.28. The van der Waals surface area contributed by atoms with Crippen LogP contribution in [0.3, 0.4) is 0 Å². The van der Waals surface area contributed by atoms with Gasteiger partial charge < -0.3 is 11.1 Å². The number of sulfonamides is 1. The smallest absolute Gasteiger partial charge is 0.236 e. The Labute approximate surface area is 148 Å². The number of rotatable bonds is 6. The number of nitrogens with two attached hydrogens (primary N) is 1. The quantitative estimate of drug-likeness (QED) is 0.605. The largest absolute Gasteiger partial charge is 0.370 e. The van der Waals surface area contributed by atoms with E-state index in [2.05, 4.69) is 10.3 Å². The number of guanidine groups is 1. The fourth-order valence-electron chi connectivity index (χ4n) is 2.83. The van der Waals surface area contributed by atoms with Crippen LogP contribution in [-0.2, 0) is 23.0 Å². The molecule has 0 unspecified atom stereocenters. The van der Waals surface area contributed by atoms with E-state index in [-0.39, 0.29) is 18.3 Å². The molecule has 2 aromatic rings. The first-order chi connectivity index (χ1) is 12.1. The Hall–Kier alpha value is -2.54. The normalized spacial score (nSPS) is 14.4. The molecule has 1 heterocycles. The second-order valence-electron chi connectivity index (χ2n) is 5.88. The third kappa shape index (κ3) is 4.30. The summed E-state index contributed by atoms with van der Waals surface area (Å²) in [6.45, 7) is 1.19. The summed E-state index contributed by atoms with van der Waals surface area (Å²) in [5.74, 6) is 0.226. The van der Waals surface area contributed by atoms with Gasteiger partial charge in [-0.05, 0) is 23.6 Å². The molecule has 25 heavy (non-hydrogen) atoms. The van der Waals surface area contributed by atoms with E-state index >= 15 is 0 Å². The van der Waals surface area contributed by atoms with Crippen molar-refractivity contribution >= 4 is 21.7 Å². The maximum Gasteiger partial charge on any atom is 0.236 e. The Kier molecular flexibility index (Phi) is 5.23. The van der Waals surface area contributed by atoms with E-state index in [0.29, 0.717) is 13.1 Å². The van der Waals surface area contributed by atoms with Crippen molar-refractivity contribution < 1.29 is 8.42 Å². The van der Waals surface area contributed by atoms with Crippen molar-refractivity contribution in [2.75, 3.05) is 23.1 Å². The molecule has 0 amide bonds. The predicted molar refractivity (Wildman–Crippen MR) is 101 cm³/mol. The zero-order chi connectivity index (χ0) is 17.7. The lowest BCUT2D eigenvalue weighted by Gasteiger charge is -2.19. The zero-order valence-corrected chi connectivity index (χ0v) is 14.7. The minimum atomic E-state index is -3.38. The highest BCUT2D eigenvalue weighted by atomic mass is 32.2. The molecule has 6 nitrogen and oxygen atoms in total. The van der Waals surface area contributed by atoms with Crippen LogP contribution in [0.4, 0.5) is 5.69 Å². The van der Waals surface area contributed by atoms with E-state index in [9.17, 15) is 8.42 Å². The van der Waals surface area contributed by atoms with Crippen LogP contribution in [0.15, 0.2) is 59.6 Å². The van der Waals surface area contributed by atoms with Gasteiger partial charge in [-0.25, -0.2) is 13.4 Å². The number of benzene rings is 2. The van der Waals surface area contributed by atoms with Gasteiger partial charge in [0.15, 0.2) is 5.96 Å². The average Bonchev–Trinajstić information content (AvgIpc) is 3.06. The minimum Gasteiger partial charge on any atom is -0.370 e. The average molecular weight is 358 g/mol. The summed E-state index contributed by atoms with van der Waals surface area (Å²) in [7, 11) is -3.38. The van der Waals surface area contributed by atoms with Crippen molar-refractivity contribution in [1.82, 2.24) is 5.32 Å². The van der Waals surface area contributed by atoms with Crippen molar-refractivity contribution in [1.29, 1.82) is 0 Å². The summed E-state index contributed by atoms with van der Waals surface area (Å²) in [4.78, 5) is 4.22. The van der Waals surface area contributed by atoms with Crippen LogP contribution >= 0.6 is 0 Å². The second kappa shape index (κ2) is 7.57. The van der Waals surface area contributed by atoms with Gasteiger partial charge in [-0.2, -0.15) is 0 Å². The molecule has 0 fully saturated rings. The van der Waals surface area contributed by atoms with Crippen LogP contribution < -0.4 is 15.4 Å². The maximum absolute atomic E-state index is 12.6. The lowest BCUT2D eigenvalue weighted by Crippen LogP contribution is -2.39. The standard InChI is InChI=1S/C18H22N4O2S/c19-18(21-14-15-6-2-1-3-7-15)20-11-13-25(23,24)22-12-10-16-8-4-5-9-17(16)22/h1-9H,10-14H2,(H3,19,20,21). The number of nitrogens with one attached hydrogen (secondary N) is 1. The van der Waals surface area contributed by atoms with Gasteiger partial charge in [-0.15, -0.1) is 0 Å². The second-order valence-corrected chi connectivity index (χ2v) is 7.89. The monoisotopic (exact) mass is 358 g/mol. The summed E-state index contributed by atoms with van der Waals surface area (Å²) in [5, 5.41) is 2.88. The molecule has 3 N–H and O–H groups in total. The fraction of sp³-hybridized carbons (Fsp3) is 0.278. The van der Waals surface area contributed by atoms with Gasteiger partial charge in [-0.1, -0.05) is 48.5 Å². The Morgan fingerprint density at radius 2 is 1.84 bits per heavy atom. The van der Waals surface area contributed by atoms with E-state index in [1.54, 1.807) is 0 Å². The summed E-state index contributed by atoms with van der Waals surface area (Å²) < 4.78 is 26.6. The predicted octanol–water partition coefficient (Wildman–Crippen LogP) is 1.48. The van der Waals surface area contributed by atoms with Gasteiger partial charge in [-0.3, -0.25) is 4.31 Å². The first-order valence-electron chi connectivity index (χ1n) is 8.22. The number of anilines is 1. The summed E-state index contributed by atoms with van der Waals surface area (Å²) >= 11 is 0. The molecule has 0 atom stereocenters. The van der Waals surface area contributed by atoms with Crippen molar-refractivity contribution in [3.05, 3.63) is 65.7 Å². The number of nitrogens with zero attached hydrogens (tertiary/aromatic N) is 2. The molecule has 1 aliphatic heterocycles. The van der Waals surface area contributed by atoms with Crippen molar-refractivity contribution in [2.24, 2.45) is 10.7 Å². The molecule has 132 valence electrons. The van der Waals surface area contributed by atoms with E-state index in [0.717, 1.165) is 23.2 Å². The van der Waals surface area contributed by atoms with Crippen LogP contribution in [0.1, 0.15) is 11.1 Å². The molecule has 0 saturated carbocycles. The SMILES string of the molecule is NC(=NCc1ccccc1)NCCS(=O)(=O)N1CCc2ccccc21. The first-order valence-corrected chi connectivity index (χ1v) is 9.83. The molecule has 2 aromatic carbocycles. The third-order valence-corrected chi connectivity index (χ3v) is 5.89. The van der Waals surface area contributed by atoms with Crippen LogP contribution in [0.2, 0.25) is 0 Å². The molecule has 0 radical (unpaired) electrons. The molecular weight excluding hydrogens is 336 g/mol. The van der Waals surface area contributed by atoms with Gasteiger partial charge in [0.05, 0.1) is 18.0 Å². The molecule has 7 heteroatoms. The van der Waals surface area contributed by atoms with Gasteiger partial charge in [0, 0.05) is 13.1 Å². The summed E-state index contributed by atoms with van der Waals surface area (Å²) in [6.07, 6.45) is 0.753. The van der Waals surface area contributed by atoms with Crippen molar-refractivity contribution in [3.63, 3.8) is 0 Å². The highest BCUT2D eigenvalue weighted by Crippen LogP contribution is 2.29. The highest BCUT2D eigenvalue weighted by molar-refractivity contribution is 7.92. The van der Waals surface area contributed by atoms with E-state index < -0.39 is 10.0 Å². The number of aliphatic imine (C=N–C) groups is 1. The minimum absolute atomic E-state index is 0.0249. The van der Waals surface area contributed by atoms with Gasteiger partial charge in [0.25, 0.3) is 0 Å². The van der Waals surface area contributed by atoms with Crippen LogP contribution in [0, 0.1) is 0 Å². The maximum atomic E-state index is 12.6. The molecule has 1 aliphatic rings. The molecule has 3 rings (SSSR count). The van der Waals surface area contributed by atoms with Crippen LogP contribution in [0.5, 0.6) is 0 Å². The van der Waals surface area contributed by atoms with Crippen LogP contribution in [0.25, 0.3) is 0 Å². The third-order valence-electron chi connectivity index (χ3n) is 4.12.